The first-order valence-corrected chi connectivity index (χ1v) is 8.90. The van der Waals surface area contributed by atoms with Crippen molar-refractivity contribution in [2.45, 2.75) is 78.4 Å². The number of aliphatic hydroxyl groups excluding tert-OH is 1. The van der Waals surface area contributed by atoms with Gasteiger partial charge in [-0.25, -0.2) is 4.79 Å². The van der Waals surface area contributed by atoms with Crippen LogP contribution in [0, 0.1) is 0 Å². The Balaban J connectivity index is 4.95. The number of aliphatic hydroxyl groups is 1. The summed E-state index contributed by atoms with van der Waals surface area (Å²) >= 11 is 0. The van der Waals surface area contributed by atoms with Gasteiger partial charge in [0.25, 0.3) is 0 Å². The van der Waals surface area contributed by atoms with Crippen LogP contribution in [0.15, 0.2) is 11.8 Å². The Morgan fingerprint density at radius 3 is 2.29 bits per heavy atom. The van der Waals surface area contributed by atoms with E-state index in [1.54, 1.807) is 20.8 Å². The van der Waals surface area contributed by atoms with E-state index in [0.717, 1.165) is 25.7 Å². The molecule has 0 fully saturated rings. The molecule has 0 aromatic carbocycles. The Morgan fingerprint density at radius 1 is 1.08 bits per heavy atom. The van der Waals surface area contributed by atoms with Crippen molar-refractivity contribution in [1.82, 2.24) is 5.32 Å². The van der Waals surface area contributed by atoms with Crippen LogP contribution in [-0.4, -0.2) is 42.4 Å². The molecule has 0 aliphatic carbocycles. The molecule has 0 aliphatic heterocycles. The summed E-state index contributed by atoms with van der Waals surface area (Å²) in [5.41, 5.74) is 0.578. The minimum atomic E-state index is -0.600. The summed E-state index contributed by atoms with van der Waals surface area (Å²) < 4.78 is 9.95. The number of unbranched alkanes of at least 4 members (excludes halogenated alkanes) is 2. The molecule has 0 radical (unpaired) electrons. The summed E-state index contributed by atoms with van der Waals surface area (Å²) in [7, 11) is 0. The van der Waals surface area contributed by atoms with E-state index in [1.807, 2.05) is 0 Å². The van der Waals surface area contributed by atoms with Gasteiger partial charge in [0, 0.05) is 24.2 Å². The van der Waals surface area contributed by atoms with Gasteiger partial charge < -0.3 is 19.9 Å². The number of hydrogen-bond acceptors (Lipinski definition) is 6. The smallest absolute Gasteiger partial charge is 0.332 e. The quantitative estimate of drug-likeness (QED) is 0.304. The fraction of sp³-hybridized carbons (Fsp3) is 0.778. The average molecular weight is 343 g/mol. The van der Waals surface area contributed by atoms with Gasteiger partial charge in [-0.15, -0.1) is 0 Å². The van der Waals surface area contributed by atoms with Crippen molar-refractivity contribution in [2.75, 3.05) is 13.2 Å². The zero-order valence-electron chi connectivity index (χ0n) is 15.5. The van der Waals surface area contributed by atoms with Crippen molar-refractivity contribution in [3.05, 3.63) is 11.8 Å². The maximum atomic E-state index is 11.8. The molecule has 6 heteroatoms. The second-order valence-corrected chi connectivity index (χ2v) is 5.82. The average Bonchev–Trinajstić information content (AvgIpc) is 2.46. The van der Waals surface area contributed by atoms with Gasteiger partial charge in [-0.05, 0) is 27.2 Å². The highest BCUT2D eigenvalue weighted by Crippen LogP contribution is 2.12. The van der Waals surface area contributed by atoms with Crippen LogP contribution in [0.5, 0.6) is 0 Å². The highest BCUT2D eigenvalue weighted by molar-refractivity contribution is 5.82. The van der Waals surface area contributed by atoms with Crippen LogP contribution < -0.4 is 5.32 Å². The molecule has 140 valence electrons. The van der Waals surface area contributed by atoms with E-state index in [-0.39, 0.29) is 18.4 Å². The Labute approximate surface area is 145 Å². The first-order valence-electron chi connectivity index (χ1n) is 8.90. The summed E-state index contributed by atoms with van der Waals surface area (Å²) in [4.78, 5) is 23.5. The topological polar surface area (TPSA) is 84.9 Å². The minimum absolute atomic E-state index is 0.130. The highest BCUT2D eigenvalue weighted by atomic mass is 16.5. The van der Waals surface area contributed by atoms with Gasteiger partial charge in [0.1, 0.15) is 0 Å². The van der Waals surface area contributed by atoms with Gasteiger partial charge in [-0.1, -0.05) is 26.2 Å². The second kappa shape index (κ2) is 13.8. The fourth-order valence-electron chi connectivity index (χ4n) is 2.35. The van der Waals surface area contributed by atoms with E-state index in [0.29, 0.717) is 25.3 Å². The molecule has 6 nitrogen and oxygen atoms in total. The molecule has 0 spiro atoms. The number of hydrogen-bond donors (Lipinski definition) is 2. The van der Waals surface area contributed by atoms with Gasteiger partial charge >= 0.3 is 11.9 Å². The van der Waals surface area contributed by atoms with Gasteiger partial charge in [-0.2, -0.15) is 0 Å². The predicted octanol–water partition coefficient (Wildman–Crippen LogP) is 2.70. The Morgan fingerprint density at radius 2 is 1.75 bits per heavy atom. The second-order valence-electron chi connectivity index (χ2n) is 5.82. The molecule has 0 unspecified atom stereocenters. The number of rotatable bonds is 13. The van der Waals surface area contributed by atoms with Gasteiger partial charge in [0.05, 0.1) is 25.7 Å². The monoisotopic (exact) mass is 343 g/mol. The number of carbonyl (C=O) groups is 2. The van der Waals surface area contributed by atoms with Gasteiger partial charge in [0.2, 0.25) is 0 Å². The lowest BCUT2D eigenvalue weighted by atomic mass is 10.0. The van der Waals surface area contributed by atoms with Crippen LogP contribution in [-0.2, 0) is 19.1 Å². The van der Waals surface area contributed by atoms with Crippen LogP contribution >= 0.6 is 0 Å². The molecule has 0 amide bonds. The molecule has 0 aromatic rings. The first kappa shape index (κ1) is 22.4. The van der Waals surface area contributed by atoms with Gasteiger partial charge in [0.15, 0.2) is 0 Å². The molecular weight excluding hydrogens is 310 g/mol. The Hall–Kier alpha value is -1.56. The third-order valence-corrected chi connectivity index (χ3v) is 3.36. The molecule has 24 heavy (non-hydrogen) atoms. The van der Waals surface area contributed by atoms with Crippen LogP contribution in [0.3, 0.4) is 0 Å². The molecule has 0 rings (SSSR count). The minimum Gasteiger partial charge on any atom is -0.466 e. The van der Waals surface area contributed by atoms with Crippen molar-refractivity contribution >= 4 is 11.9 Å². The molecule has 0 saturated carbocycles. The lowest BCUT2D eigenvalue weighted by molar-refractivity contribution is -0.143. The van der Waals surface area contributed by atoms with E-state index >= 15 is 0 Å². The summed E-state index contributed by atoms with van der Waals surface area (Å²) in [5, 5.41) is 12.9. The van der Waals surface area contributed by atoms with E-state index in [9.17, 15) is 14.7 Å². The zero-order chi connectivity index (χ0) is 18.4. The van der Waals surface area contributed by atoms with Crippen LogP contribution in [0.4, 0.5) is 0 Å². The molecular formula is C18H33NO5. The van der Waals surface area contributed by atoms with Crippen LogP contribution in [0.25, 0.3) is 0 Å². The molecule has 2 atom stereocenters. The third kappa shape index (κ3) is 11.9. The van der Waals surface area contributed by atoms with Crippen molar-refractivity contribution < 1.29 is 24.2 Å². The molecule has 0 aromatic heterocycles. The maximum absolute atomic E-state index is 11.8. The molecule has 2 N–H and O–H groups in total. The Bertz CT molecular complexity index is 393. The first-order chi connectivity index (χ1) is 11.4. The molecule has 0 bridgehead atoms. The lowest BCUT2D eigenvalue weighted by Gasteiger charge is -2.22. The van der Waals surface area contributed by atoms with Gasteiger partial charge in [-0.3, -0.25) is 4.79 Å². The summed E-state index contributed by atoms with van der Waals surface area (Å²) in [6.45, 7) is 7.92. The van der Waals surface area contributed by atoms with E-state index in [4.69, 9.17) is 9.47 Å². The lowest BCUT2D eigenvalue weighted by Crippen LogP contribution is -2.33. The molecule has 0 heterocycles. The SMILES string of the molecule is CCCCC[C@@H](CC(=O)OCC)N/C(=C\C(=O)OCC)C[C@H](C)O. The number of carbonyl (C=O) groups excluding carboxylic acids is 2. The number of ether oxygens (including phenoxy) is 2. The highest BCUT2D eigenvalue weighted by Gasteiger charge is 2.17. The van der Waals surface area contributed by atoms with E-state index in [2.05, 4.69) is 12.2 Å². The number of esters is 2. The summed E-state index contributed by atoms with van der Waals surface area (Å²) in [6, 6.07) is -0.130. The zero-order valence-corrected chi connectivity index (χ0v) is 15.5. The Kier molecular flexibility index (Phi) is 12.9. The van der Waals surface area contributed by atoms with Crippen LogP contribution in [0.2, 0.25) is 0 Å². The third-order valence-electron chi connectivity index (χ3n) is 3.36. The van der Waals surface area contributed by atoms with Crippen molar-refractivity contribution in [2.24, 2.45) is 0 Å². The maximum Gasteiger partial charge on any atom is 0.332 e. The predicted molar refractivity (Wildman–Crippen MR) is 93.3 cm³/mol. The molecule has 0 aliphatic rings. The summed E-state index contributed by atoms with van der Waals surface area (Å²) in [5.74, 6) is -0.719. The van der Waals surface area contributed by atoms with Crippen LogP contribution in [0.1, 0.15) is 66.2 Å². The number of nitrogens with one attached hydrogen (secondary N) is 1. The van der Waals surface area contributed by atoms with E-state index in [1.165, 1.54) is 6.08 Å². The standard InChI is InChI=1S/C18H33NO5/c1-5-8-9-10-15(12-17(21)23-6-2)19-16(11-14(4)20)13-18(22)24-7-3/h13-15,19-20H,5-12H2,1-4H3/b16-13-/t14-,15-/m0/s1. The van der Waals surface area contributed by atoms with Crippen molar-refractivity contribution in [3.63, 3.8) is 0 Å². The fourth-order valence-corrected chi connectivity index (χ4v) is 2.35. The largest absolute Gasteiger partial charge is 0.466 e. The molecule has 0 saturated heterocycles. The van der Waals surface area contributed by atoms with Crippen molar-refractivity contribution in [3.8, 4) is 0 Å². The van der Waals surface area contributed by atoms with Crippen molar-refractivity contribution in [1.29, 1.82) is 0 Å². The summed E-state index contributed by atoms with van der Waals surface area (Å²) in [6.07, 6.45) is 5.23. The van der Waals surface area contributed by atoms with E-state index < -0.39 is 12.1 Å². The normalized spacial score (nSPS) is 14.0.